The first-order chi connectivity index (χ1) is 14.4. The summed E-state index contributed by atoms with van der Waals surface area (Å²) in [6.07, 6.45) is 4.52. The number of nitrogens with zero attached hydrogens (tertiary/aromatic N) is 2. The predicted molar refractivity (Wildman–Crippen MR) is 113 cm³/mol. The van der Waals surface area contributed by atoms with Gasteiger partial charge < -0.3 is 19.7 Å². The normalized spacial score (nSPS) is 39.9. The Kier molecular flexibility index (Phi) is 6.85. The monoisotopic (exact) mass is 422 g/mol. The summed E-state index contributed by atoms with van der Waals surface area (Å²) in [5.41, 5.74) is 1.05. The molecule has 0 radical (unpaired) electrons. The highest BCUT2D eigenvalue weighted by Crippen LogP contribution is 2.56. The molecule has 30 heavy (non-hydrogen) atoms. The number of ether oxygens (including phenoxy) is 2. The summed E-state index contributed by atoms with van der Waals surface area (Å²) in [4.78, 5) is 17.5. The van der Waals surface area contributed by atoms with Crippen LogP contribution in [-0.2, 0) is 14.3 Å². The van der Waals surface area contributed by atoms with Gasteiger partial charge in [0.1, 0.15) is 6.10 Å². The van der Waals surface area contributed by atoms with E-state index in [0.29, 0.717) is 25.7 Å². The molecule has 0 bridgehead atoms. The van der Waals surface area contributed by atoms with Gasteiger partial charge in [-0.1, -0.05) is 25.5 Å². The average molecular weight is 423 g/mol. The molecule has 0 aromatic heterocycles. The lowest BCUT2D eigenvalue weighted by Gasteiger charge is -2.52. The van der Waals surface area contributed by atoms with Gasteiger partial charge in [-0.2, -0.15) is 0 Å². The highest BCUT2D eigenvalue weighted by atomic mass is 16.6. The Morgan fingerprint density at radius 1 is 1.23 bits per heavy atom. The molecule has 0 aromatic carbocycles. The third-order valence-corrected chi connectivity index (χ3v) is 8.28. The van der Waals surface area contributed by atoms with Gasteiger partial charge in [-0.3, -0.25) is 14.6 Å². The van der Waals surface area contributed by atoms with Crippen molar-refractivity contribution in [2.75, 3.05) is 59.1 Å². The van der Waals surface area contributed by atoms with Crippen LogP contribution in [0, 0.1) is 23.2 Å². The zero-order valence-corrected chi connectivity index (χ0v) is 18.5. The summed E-state index contributed by atoms with van der Waals surface area (Å²) in [7, 11) is 0. The SMILES string of the molecule is CC1CCC=C2CC3OC(=O)C(CN4CCN(CCOCCO)CC4)C3C(O)C21C. The number of allylic oxidation sites excluding steroid dienone is 1. The first-order valence-corrected chi connectivity index (χ1v) is 11.7. The van der Waals surface area contributed by atoms with Gasteiger partial charge in [0, 0.05) is 57.0 Å². The van der Waals surface area contributed by atoms with Crippen molar-refractivity contribution in [2.45, 2.75) is 45.3 Å². The molecule has 6 atom stereocenters. The molecule has 2 aliphatic carbocycles. The van der Waals surface area contributed by atoms with Crippen molar-refractivity contribution in [3.8, 4) is 0 Å². The van der Waals surface area contributed by atoms with E-state index < -0.39 is 6.10 Å². The van der Waals surface area contributed by atoms with Crippen LogP contribution < -0.4 is 0 Å². The maximum absolute atomic E-state index is 12.8. The minimum absolute atomic E-state index is 0.0639. The maximum Gasteiger partial charge on any atom is 0.311 e. The van der Waals surface area contributed by atoms with E-state index in [4.69, 9.17) is 14.6 Å². The Hall–Kier alpha value is -0.990. The van der Waals surface area contributed by atoms with Gasteiger partial charge in [-0.05, 0) is 18.8 Å². The van der Waals surface area contributed by atoms with Crippen LogP contribution in [0.5, 0.6) is 0 Å². The maximum atomic E-state index is 12.8. The second-order valence-electron chi connectivity index (χ2n) is 9.78. The standard InChI is InChI=1S/C23H38N2O5/c1-16-4-3-5-17-14-19-20(21(27)23(16,17)2)18(22(28)30-19)15-25-8-6-24(7-9-25)10-12-29-13-11-26/h5,16,18-21,26-27H,3-4,6-15H2,1-2H3. The molecule has 2 heterocycles. The molecule has 2 N–H and O–H groups in total. The molecule has 7 heteroatoms. The van der Waals surface area contributed by atoms with Gasteiger partial charge in [-0.25, -0.2) is 0 Å². The lowest BCUT2D eigenvalue weighted by atomic mass is 9.55. The molecule has 0 spiro atoms. The third-order valence-electron chi connectivity index (χ3n) is 8.28. The number of hydrogen-bond donors (Lipinski definition) is 2. The summed E-state index contributed by atoms with van der Waals surface area (Å²) in [6, 6.07) is 0. The molecular formula is C23H38N2O5. The number of hydrogen-bond acceptors (Lipinski definition) is 7. The molecule has 0 amide bonds. The third kappa shape index (κ3) is 4.07. The second kappa shape index (κ2) is 9.25. The van der Waals surface area contributed by atoms with Gasteiger partial charge in [0.25, 0.3) is 0 Å². The van der Waals surface area contributed by atoms with Crippen molar-refractivity contribution >= 4 is 5.97 Å². The quantitative estimate of drug-likeness (QED) is 0.358. The van der Waals surface area contributed by atoms with Crippen LogP contribution in [-0.4, -0.2) is 97.3 Å². The number of carbonyl (C=O) groups excluding carboxylic acids is 1. The number of aliphatic hydroxyl groups excluding tert-OH is 2. The fourth-order valence-corrected chi connectivity index (χ4v) is 6.11. The average Bonchev–Trinajstić information content (AvgIpc) is 3.04. The number of fused-ring (bicyclic) bond motifs is 2. The highest BCUT2D eigenvalue weighted by molar-refractivity contribution is 5.76. The Balaban J connectivity index is 1.36. The van der Waals surface area contributed by atoms with Gasteiger partial charge in [0.05, 0.1) is 31.8 Å². The Bertz CT molecular complexity index is 648. The number of piperazine rings is 1. The molecule has 7 nitrogen and oxygen atoms in total. The van der Waals surface area contributed by atoms with Crippen molar-refractivity contribution in [2.24, 2.45) is 23.2 Å². The number of rotatable bonds is 7. The van der Waals surface area contributed by atoms with Crippen LogP contribution in [0.1, 0.15) is 33.1 Å². The lowest BCUT2D eigenvalue weighted by molar-refractivity contribution is -0.145. The molecule has 4 aliphatic rings. The molecule has 0 aromatic rings. The van der Waals surface area contributed by atoms with Crippen LogP contribution in [0.4, 0.5) is 0 Å². The molecule has 6 unspecified atom stereocenters. The zero-order valence-electron chi connectivity index (χ0n) is 18.5. The van der Waals surface area contributed by atoms with E-state index in [1.807, 2.05) is 0 Å². The van der Waals surface area contributed by atoms with Crippen molar-refractivity contribution in [1.82, 2.24) is 9.80 Å². The number of carbonyl (C=O) groups is 1. The van der Waals surface area contributed by atoms with Crippen molar-refractivity contribution in [3.05, 3.63) is 11.6 Å². The van der Waals surface area contributed by atoms with E-state index >= 15 is 0 Å². The van der Waals surface area contributed by atoms with Gasteiger partial charge in [0.15, 0.2) is 0 Å². The summed E-state index contributed by atoms with van der Waals surface area (Å²) in [5, 5.41) is 20.3. The number of esters is 1. The summed E-state index contributed by atoms with van der Waals surface area (Å²) < 4.78 is 11.2. The van der Waals surface area contributed by atoms with E-state index in [-0.39, 0.29) is 35.9 Å². The molecule has 3 fully saturated rings. The molecule has 4 rings (SSSR count). The predicted octanol–water partition coefficient (Wildman–Crippen LogP) is 0.898. The van der Waals surface area contributed by atoms with Crippen molar-refractivity contribution < 1.29 is 24.5 Å². The smallest absolute Gasteiger partial charge is 0.311 e. The Morgan fingerprint density at radius 2 is 1.97 bits per heavy atom. The fourth-order valence-electron chi connectivity index (χ4n) is 6.11. The zero-order chi connectivity index (χ0) is 21.3. The number of aliphatic hydroxyl groups is 2. The van der Waals surface area contributed by atoms with E-state index in [2.05, 4.69) is 29.7 Å². The summed E-state index contributed by atoms with van der Waals surface area (Å²) in [5.74, 6) is -0.0529. The van der Waals surface area contributed by atoms with Crippen LogP contribution in [0.3, 0.4) is 0 Å². The van der Waals surface area contributed by atoms with Gasteiger partial charge in [0.2, 0.25) is 0 Å². The van der Waals surface area contributed by atoms with E-state index in [0.717, 1.165) is 52.0 Å². The molecular weight excluding hydrogens is 384 g/mol. The van der Waals surface area contributed by atoms with Crippen LogP contribution >= 0.6 is 0 Å². The van der Waals surface area contributed by atoms with Crippen molar-refractivity contribution in [1.29, 1.82) is 0 Å². The lowest BCUT2D eigenvalue weighted by Crippen LogP contribution is -2.55. The van der Waals surface area contributed by atoms with Crippen molar-refractivity contribution in [3.63, 3.8) is 0 Å². The van der Waals surface area contributed by atoms with Crippen LogP contribution in [0.2, 0.25) is 0 Å². The Labute approximate surface area is 180 Å². The first-order valence-electron chi connectivity index (χ1n) is 11.7. The highest BCUT2D eigenvalue weighted by Gasteiger charge is 2.59. The largest absolute Gasteiger partial charge is 0.461 e. The first kappa shape index (κ1) is 22.2. The van der Waals surface area contributed by atoms with E-state index in [1.54, 1.807) is 0 Å². The minimum Gasteiger partial charge on any atom is -0.461 e. The topological polar surface area (TPSA) is 82.5 Å². The minimum atomic E-state index is -0.529. The van der Waals surface area contributed by atoms with Crippen LogP contribution in [0.25, 0.3) is 0 Å². The molecule has 170 valence electrons. The molecule has 2 saturated heterocycles. The van der Waals surface area contributed by atoms with E-state index in [1.165, 1.54) is 5.57 Å². The van der Waals surface area contributed by atoms with Gasteiger partial charge >= 0.3 is 5.97 Å². The second-order valence-corrected chi connectivity index (χ2v) is 9.78. The fraction of sp³-hybridized carbons (Fsp3) is 0.870. The van der Waals surface area contributed by atoms with E-state index in [9.17, 15) is 9.90 Å². The molecule has 2 aliphatic heterocycles. The van der Waals surface area contributed by atoms with Crippen LogP contribution in [0.15, 0.2) is 11.6 Å². The van der Waals surface area contributed by atoms with Gasteiger partial charge in [-0.15, -0.1) is 0 Å². The summed E-state index contributed by atoms with van der Waals surface area (Å²) >= 11 is 0. The Morgan fingerprint density at radius 3 is 2.70 bits per heavy atom. The summed E-state index contributed by atoms with van der Waals surface area (Å²) in [6.45, 7) is 10.8. The molecule has 1 saturated carbocycles.